The Morgan fingerprint density at radius 3 is 2.56 bits per heavy atom. The molecule has 0 aromatic carbocycles. The van der Waals surface area contributed by atoms with Crippen molar-refractivity contribution in [1.29, 1.82) is 0 Å². The van der Waals surface area contributed by atoms with Gasteiger partial charge in [-0.05, 0) is 29.5 Å². The average Bonchev–Trinajstić information content (AvgIpc) is 2.90. The second-order valence-electron chi connectivity index (χ2n) is 5.03. The Bertz CT molecular complexity index is 465. The molecule has 0 bridgehead atoms. The van der Waals surface area contributed by atoms with Crippen molar-refractivity contribution in [2.75, 3.05) is 6.61 Å². The van der Waals surface area contributed by atoms with Crippen LogP contribution in [0.5, 0.6) is 0 Å². The van der Waals surface area contributed by atoms with Crippen LogP contribution in [0.3, 0.4) is 0 Å². The predicted octanol–water partition coefficient (Wildman–Crippen LogP) is 2.25. The van der Waals surface area contributed by atoms with E-state index in [1.807, 2.05) is 18.3 Å². The highest BCUT2D eigenvalue weighted by Crippen LogP contribution is 2.39. The van der Waals surface area contributed by atoms with E-state index >= 15 is 0 Å². The molecule has 18 heavy (non-hydrogen) atoms. The first-order valence-corrected chi connectivity index (χ1v) is 6.16. The number of hydrogen-bond acceptors (Lipinski definition) is 3. The summed E-state index contributed by atoms with van der Waals surface area (Å²) in [7, 11) is 0. The molecule has 0 spiro atoms. The van der Waals surface area contributed by atoms with Crippen molar-refractivity contribution in [3.05, 3.63) is 48.3 Å². The highest BCUT2D eigenvalue weighted by atomic mass is 16.3. The normalized spacial score (nSPS) is 13.5. The molecular formula is C14H19N3O. The number of rotatable bonds is 5. The lowest BCUT2D eigenvalue weighted by molar-refractivity contribution is 0.247. The molecule has 0 amide bonds. The summed E-state index contributed by atoms with van der Waals surface area (Å²) in [5, 5.41) is 9.30. The summed E-state index contributed by atoms with van der Waals surface area (Å²) in [5.41, 5.74) is 2.19. The summed E-state index contributed by atoms with van der Waals surface area (Å²) < 4.78 is 0. The van der Waals surface area contributed by atoms with Gasteiger partial charge in [-0.1, -0.05) is 13.8 Å². The largest absolute Gasteiger partial charge is 0.396 e. The van der Waals surface area contributed by atoms with Gasteiger partial charge in [0.15, 0.2) is 0 Å². The van der Waals surface area contributed by atoms with Crippen LogP contribution in [-0.2, 0) is 5.41 Å². The van der Waals surface area contributed by atoms with Gasteiger partial charge >= 0.3 is 0 Å². The van der Waals surface area contributed by atoms with E-state index in [-0.39, 0.29) is 17.9 Å². The highest BCUT2D eigenvalue weighted by molar-refractivity contribution is 5.27. The van der Waals surface area contributed by atoms with Gasteiger partial charge in [-0.2, -0.15) is 0 Å². The topological polar surface area (TPSA) is 61.8 Å². The van der Waals surface area contributed by atoms with Crippen molar-refractivity contribution >= 4 is 0 Å². The average molecular weight is 245 g/mol. The Morgan fingerprint density at radius 1 is 1.28 bits per heavy atom. The summed E-state index contributed by atoms with van der Waals surface area (Å²) in [6.45, 7) is 4.53. The first kappa shape index (κ1) is 12.8. The smallest absolute Gasteiger partial charge is 0.0921 e. The number of pyridine rings is 1. The van der Waals surface area contributed by atoms with E-state index in [2.05, 4.69) is 28.8 Å². The Labute approximate surface area is 107 Å². The maximum atomic E-state index is 9.30. The molecule has 2 heterocycles. The van der Waals surface area contributed by atoms with Crippen molar-refractivity contribution in [3.63, 3.8) is 0 Å². The Kier molecular flexibility index (Phi) is 3.77. The zero-order chi connectivity index (χ0) is 13.0. The third-order valence-corrected chi connectivity index (χ3v) is 3.61. The SMILES string of the molecule is CC(C)(c1ccncc1)C(CCO)c1cnc[nH]1. The number of aliphatic hydroxyl groups excluding tert-OH is 1. The molecule has 96 valence electrons. The zero-order valence-electron chi connectivity index (χ0n) is 10.8. The first-order chi connectivity index (χ1) is 8.66. The minimum absolute atomic E-state index is 0.0851. The van der Waals surface area contributed by atoms with Crippen LogP contribution in [-0.4, -0.2) is 26.7 Å². The van der Waals surface area contributed by atoms with Gasteiger partial charge in [0.2, 0.25) is 0 Å². The summed E-state index contributed by atoms with van der Waals surface area (Å²) >= 11 is 0. The van der Waals surface area contributed by atoms with Crippen molar-refractivity contribution in [1.82, 2.24) is 15.0 Å². The van der Waals surface area contributed by atoms with E-state index in [0.29, 0.717) is 6.42 Å². The van der Waals surface area contributed by atoms with Gasteiger partial charge in [0.25, 0.3) is 0 Å². The van der Waals surface area contributed by atoms with Crippen LogP contribution in [0.4, 0.5) is 0 Å². The Morgan fingerprint density at radius 2 is 2.00 bits per heavy atom. The maximum absolute atomic E-state index is 9.30. The molecule has 0 aliphatic rings. The molecule has 0 aliphatic heterocycles. The van der Waals surface area contributed by atoms with Crippen molar-refractivity contribution < 1.29 is 5.11 Å². The van der Waals surface area contributed by atoms with Gasteiger partial charge in [0.1, 0.15) is 0 Å². The number of hydrogen-bond donors (Lipinski definition) is 2. The van der Waals surface area contributed by atoms with Gasteiger partial charge in [0, 0.05) is 36.8 Å². The summed E-state index contributed by atoms with van der Waals surface area (Å²) in [4.78, 5) is 11.3. The molecule has 0 saturated heterocycles. The molecule has 0 fully saturated rings. The van der Waals surface area contributed by atoms with E-state index in [4.69, 9.17) is 0 Å². The number of aliphatic hydroxyl groups is 1. The lowest BCUT2D eigenvalue weighted by atomic mass is 9.71. The van der Waals surface area contributed by atoms with Crippen LogP contribution < -0.4 is 0 Å². The number of H-pyrrole nitrogens is 1. The van der Waals surface area contributed by atoms with Gasteiger partial charge in [-0.25, -0.2) is 4.98 Å². The third kappa shape index (κ3) is 2.43. The van der Waals surface area contributed by atoms with E-state index in [1.54, 1.807) is 18.7 Å². The zero-order valence-corrected chi connectivity index (χ0v) is 10.8. The van der Waals surface area contributed by atoms with Crippen LogP contribution in [0.15, 0.2) is 37.1 Å². The molecular weight excluding hydrogens is 226 g/mol. The van der Waals surface area contributed by atoms with E-state index in [0.717, 1.165) is 5.69 Å². The van der Waals surface area contributed by atoms with Gasteiger partial charge in [-0.3, -0.25) is 4.98 Å². The predicted molar refractivity (Wildman–Crippen MR) is 70.3 cm³/mol. The van der Waals surface area contributed by atoms with Crippen molar-refractivity contribution in [2.24, 2.45) is 0 Å². The second kappa shape index (κ2) is 5.31. The van der Waals surface area contributed by atoms with Gasteiger partial charge < -0.3 is 10.1 Å². The number of aromatic nitrogens is 3. The molecule has 1 unspecified atom stereocenters. The molecule has 0 saturated carbocycles. The summed E-state index contributed by atoms with van der Waals surface area (Å²) in [5.74, 6) is 0.201. The van der Waals surface area contributed by atoms with Crippen molar-refractivity contribution in [2.45, 2.75) is 31.6 Å². The van der Waals surface area contributed by atoms with Crippen LogP contribution in [0.2, 0.25) is 0 Å². The summed E-state index contributed by atoms with van der Waals surface area (Å²) in [6, 6.07) is 4.06. The minimum atomic E-state index is -0.0851. The molecule has 1 atom stereocenters. The van der Waals surface area contributed by atoms with E-state index < -0.39 is 0 Å². The van der Waals surface area contributed by atoms with Gasteiger partial charge in [-0.15, -0.1) is 0 Å². The lowest BCUT2D eigenvalue weighted by Gasteiger charge is -2.34. The third-order valence-electron chi connectivity index (χ3n) is 3.61. The van der Waals surface area contributed by atoms with Crippen LogP contribution in [0.25, 0.3) is 0 Å². The molecule has 4 nitrogen and oxygen atoms in total. The lowest BCUT2D eigenvalue weighted by Crippen LogP contribution is -2.28. The molecule has 2 aromatic heterocycles. The number of nitrogens with zero attached hydrogens (tertiary/aromatic N) is 2. The monoisotopic (exact) mass is 245 g/mol. The first-order valence-electron chi connectivity index (χ1n) is 6.16. The Balaban J connectivity index is 2.36. The van der Waals surface area contributed by atoms with Gasteiger partial charge in [0.05, 0.1) is 6.33 Å². The minimum Gasteiger partial charge on any atom is -0.396 e. The van der Waals surface area contributed by atoms with Crippen LogP contribution in [0, 0.1) is 0 Å². The summed E-state index contributed by atoms with van der Waals surface area (Å²) in [6.07, 6.45) is 7.84. The molecule has 0 radical (unpaired) electrons. The number of imidazole rings is 1. The number of aromatic amines is 1. The Hall–Kier alpha value is -1.68. The molecule has 2 N–H and O–H groups in total. The van der Waals surface area contributed by atoms with Crippen LogP contribution in [0.1, 0.15) is 37.4 Å². The fourth-order valence-electron chi connectivity index (χ4n) is 2.47. The molecule has 2 aromatic rings. The fourth-order valence-corrected chi connectivity index (χ4v) is 2.47. The van der Waals surface area contributed by atoms with E-state index in [1.165, 1.54) is 5.56 Å². The standard InChI is InChI=1S/C14H19N3O/c1-14(2,11-3-6-15-7-4-11)12(5-8-18)13-9-16-10-17-13/h3-4,6-7,9-10,12,18H,5,8H2,1-2H3,(H,16,17). The van der Waals surface area contributed by atoms with Crippen molar-refractivity contribution in [3.8, 4) is 0 Å². The molecule has 0 aliphatic carbocycles. The highest BCUT2D eigenvalue weighted by Gasteiger charge is 2.32. The van der Waals surface area contributed by atoms with Crippen LogP contribution >= 0.6 is 0 Å². The quantitative estimate of drug-likeness (QED) is 0.849. The second-order valence-corrected chi connectivity index (χ2v) is 5.03. The maximum Gasteiger partial charge on any atom is 0.0921 e. The molecule has 4 heteroatoms. The number of nitrogens with one attached hydrogen (secondary N) is 1. The fraction of sp³-hybridized carbons (Fsp3) is 0.429. The van der Waals surface area contributed by atoms with E-state index in [9.17, 15) is 5.11 Å². The molecule has 2 rings (SSSR count).